The Bertz CT molecular complexity index is 684. The lowest BCUT2D eigenvalue weighted by molar-refractivity contribution is 0.354. The molecule has 2 rings (SSSR count). The molecule has 1 aromatic heterocycles. The number of hydrogen-bond acceptors (Lipinski definition) is 6. The first-order chi connectivity index (χ1) is 11.7. The number of rotatable bonds is 7. The van der Waals surface area contributed by atoms with E-state index in [1.807, 2.05) is 18.2 Å². The third-order valence-corrected chi connectivity index (χ3v) is 3.36. The van der Waals surface area contributed by atoms with E-state index in [4.69, 9.17) is 14.0 Å². The zero-order valence-corrected chi connectivity index (χ0v) is 14.4. The highest BCUT2D eigenvalue weighted by Gasteiger charge is 2.06. The van der Waals surface area contributed by atoms with Crippen LogP contribution in [0.15, 0.2) is 27.7 Å². The Labute approximate surface area is 141 Å². The van der Waals surface area contributed by atoms with Gasteiger partial charge in [0.05, 0.1) is 20.8 Å². The predicted octanol–water partition coefficient (Wildman–Crippen LogP) is 1.30. The summed E-state index contributed by atoms with van der Waals surface area (Å²) in [7, 11) is 4.97. The van der Waals surface area contributed by atoms with Crippen LogP contribution in [0.1, 0.15) is 17.3 Å². The Kier molecular flexibility index (Phi) is 6.41. The van der Waals surface area contributed by atoms with Crippen LogP contribution in [0.3, 0.4) is 0 Å². The van der Waals surface area contributed by atoms with Crippen molar-refractivity contribution in [2.24, 2.45) is 4.99 Å². The minimum atomic E-state index is 0.452. The van der Waals surface area contributed by atoms with Crippen LogP contribution in [0.5, 0.6) is 11.5 Å². The number of aliphatic imine (C=N–C) groups is 1. The maximum Gasteiger partial charge on any atom is 0.223 e. The Hall–Kier alpha value is -2.77. The van der Waals surface area contributed by atoms with Crippen molar-refractivity contribution in [3.8, 4) is 11.5 Å². The summed E-state index contributed by atoms with van der Waals surface area (Å²) in [5.74, 6) is 3.27. The number of hydrogen-bond donors (Lipinski definition) is 2. The van der Waals surface area contributed by atoms with Crippen molar-refractivity contribution in [3.63, 3.8) is 0 Å². The van der Waals surface area contributed by atoms with Gasteiger partial charge >= 0.3 is 0 Å². The zero-order chi connectivity index (χ0) is 17.4. The smallest absolute Gasteiger partial charge is 0.223 e. The van der Waals surface area contributed by atoms with Gasteiger partial charge in [0, 0.05) is 20.5 Å². The van der Waals surface area contributed by atoms with Gasteiger partial charge in [-0.15, -0.1) is 0 Å². The van der Waals surface area contributed by atoms with Crippen LogP contribution < -0.4 is 20.1 Å². The summed E-state index contributed by atoms with van der Waals surface area (Å²) in [5, 5.41) is 10.2. The Balaban J connectivity index is 1.81. The molecule has 0 radical (unpaired) electrons. The second-order valence-electron chi connectivity index (χ2n) is 5.02. The van der Waals surface area contributed by atoms with Crippen molar-refractivity contribution in [1.82, 2.24) is 20.8 Å². The van der Waals surface area contributed by atoms with Crippen LogP contribution in [0.2, 0.25) is 0 Å². The normalized spacial score (nSPS) is 11.2. The van der Waals surface area contributed by atoms with Crippen molar-refractivity contribution < 1.29 is 14.0 Å². The molecule has 0 aliphatic carbocycles. The van der Waals surface area contributed by atoms with Gasteiger partial charge in [-0.05, 0) is 24.1 Å². The quantitative estimate of drug-likeness (QED) is 0.582. The second-order valence-corrected chi connectivity index (χ2v) is 5.02. The third-order valence-electron chi connectivity index (χ3n) is 3.36. The van der Waals surface area contributed by atoms with Gasteiger partial charge in [-0.1, -0.05) is 11.2 Å². The summed E-state index contributed by atoms with van der Waals surface area (Å²) in [6.45, 7) is 2.93. The average molecular weight is 333 g/mol. The monoisotopic (exact) mass is 333 g/mol. The van der Waals surface area contributed by atoms with Crippen molar-refractivity contribution in [2.75, 3.05) is 27.8 Å². The van der Waals surface area contributed by atoms with Crippen molar-refractivity contribution in [1.29, 1.82) is 0 Å². The summed E-state index contributed by atoms with van der Waals surface area (Å²) < 4.78 is 15.5. The lowest BCUT2D eigenvalue weighted by atomic mass is 10.1. The molecule has 0 amide bonds. The van der Waals surface area contributed by atoms with Gasteiger partial charge in [0.25, 0.3) is 0 Å². The number of nitrogens with zero attached hydrogens (tertiary/aromatic N) is 3. The molecule has 130 valence electrons. The molecule has 1 aromatic carbocycles. The first-order valence-electron chi connectivity index (χ1n) is 7.61. The molecule has 2 N–H and O–H groups in total. The Morgan fingerprint density at radius 3 is 2.62 bits per heavy atom. The summed E-state index contributed by atoms with van der Waals surface area (Å²) in [5.41, 5.74) is 1.14. The van der Waals surface area contributed by atoms with Gasteiger partial charge in [-0.3, -0.25) is 4.99 Å². The van der Waals surface area contributed by atoms with E-state index in [1.165, 1.54) is 0 Å². The summed E-state index contributed by atoms with van der Waals surface area (Å²) in [6.07, 6.45) is 0.822. The summed E-state index contributed by atoms with van der Waals surface area (Å²) in [4.78, 5) is 8.30. The fraction of sp³-hybridized carbons (Fsp3) is 0.438. The molecule has 0 saturated carbocycles. The molecule has 0 aliphatic heterocycles. The highest BCUT2D eigenvalue weighted by atomic mass is 16.5. The number of ether oxygens (including phenoxy) is 2. The maximum atomic E-state index is 5.31. The van der Waals surface area contributed by atoms with E-state index in [2.05, 4.69) is 25.8 Å². The number of methoxy groups -OCH3 is 2. The number of aromatic nitrogens is 2. The molecule has 24 heavy (non-hydrogen) atoms. The molecule has 0 unspecified atom stereocenters. The van der Waals surface area contributed by atoms with E-state index in [1.54, 1.807) is 28.2 Å². The predicted molar refractivity (Wildman–Crippen MR) is 90.5 cm³/mol. The van der Waals surface area contributed by atoms with E-state index < -0.39 is 0 Å². The van der Waals surface area contributed by atoms with Gasteiger partial charge in [-0.25, -0.2) is 0 Å². The van der Waals surface area contributed by atoms with Gasteiger partial charge in [0.15, 0.2) is 23.3 Å². The van der Waals surface area contributed by atoms with E-state index in [0.717, 1.165) is 30.0 Å². The average Bonchev–Trinajstić information content (AvgIpc) is 3.03. The number of aryl methyl sites for hydroxylation is 1. The highest BCUT2D eigenvalue weighted by molar-refractivity contribution is 5.79. The molecular formula is C16H23N5O3. The number of benzene rings is 1. The number of guanidine groups is 1. The van der Waals surface area contributed by atoms with Crippen LogP contribution in [-0.4, -0.2) is 43.9 Å². The highest BCUT2D eigenvalue weighted by Crippen LogP contribution is 2.27. The van der Waals surface area contributed by atoms with Crippen LogP contribution in [-0.2, 0) is 13.0 Å². The van der Waals surface area contributed by atoms with E-state index >= 15 is 0 Å². The SMILES string of the molecule is CN=C(NCCc1ccc(OC)c(OC)c1)NCc1noc(C)n1. The molecule has 2 aromatic rings. The van der Waals surface area contributed by atoms with Crippen LogP contribution in [0.25, 0.3) is 0 Å². The lowest BCUT2D eigenvalue weighted by Gasteiger charge is -2.12. The van der Waals surface area contributed by atoms with E-state index in [9.17, 15) is 0 Å². The Morgan fingerprint density at radius 2 is 2.00 bits per heavy atom. The molecule has 0 saturated heterocycles. The molecule has 0 atom stereocenters. The van der Waals surface area contributed by atoms with Crippen LogP contribution in [0.4, 0.5) is 0 Å². The molecule has 1 heterocycles. The second kappa shape index (κ2) is 8.76. The zero-order valence-electron chi connectivity index (χ0n) is 14.4. The number of nitrogens with one attached hydrogen (secondary N) is 2. The topological polar surface area (TPSA) is 93.8 Å². The molecule has 8 heteroatoms. The van der Waals surface area contributed by atoms with Gasteiger partial charge in [-0.2, -0.15) is 4.98 Å². The van der Waals surface area contributed by atoms with Gasteiger partial charge in [0.1, 0.15) is 0 Å². The summed E-state index contributed by atoms with van der Waals surface area (Å²) in [6, 6.07) is 5.89. The lowest BCUT2D eigenvalue weighted by Crippen LogP contribution is -2.38. The minimum absolute atomic E-state index is 0.452. The molecule has 0 fully saturated rings. The first-order valence-corrected chi connectivity index (χ1v) is 7.61. The molecule has 0 spiro atoms. The molecular weight excluding hydrogens is 310 g/mol. The van der Waals surface area contributed by atoms with Crippen molar-refractivity contribution in [3.05, 3.63) is 35.5 Å². The van der Waals surface area contributed by atoms with Crippen LogP contribution >= 0.6 is 0 Å². The summed E-state index contributed by atoms with van der Waals surface area (Å²) >= 11 is 0. The minimum Gasteiger partial charge on any atom is -0.493 e. The standard InChI is InChI=1S/C16H23N5O3/c1-11-20-15(21-24-11)10-19-16(17-2)18-8-7-12-5-6-13(22-3)14(9-12)23-4/h5-6,9H,7-8,10H2,1-4H3,(H2,17,18,19). The molecule has 8 nitrogen and oxygen atoms in total. The van der Waals surface area contributed by atoms with Gasteiger partial charge < -0.3 is 24.6 Å². The fourth-order valence-corrected chi connectivity index (χ4v) is 2.16. The largest absolute Gasteiger partial charge is 0.493 e. The van der Waals surface area contributed by atoms with Gasteiger partial charge in [0.2, 0.25) is 5.89 Å². The third kappa shape index (κ3) is 4.87. The van der Waals surface area contributed by atoms with Crippen molar-refractivity contribution >= 4 is 5.96 Å². The van der Waals surface area contributed by atoms with E-state index in [0.29, 0.717) is 24.2 Å². The van der Waals surface area contributed by atoms with E-state index in [-0.39, 0.29) is 0 Å². The van der Waals surface area contributed by atoms with Crippen LogP contribution in [0, 0.1) is 6.92 Å². The Morgan fingerprint density at radius 1 is 1.21 bits per heavy atom. The maximum absolute atomic E-state index is 5.31. The van der Waals surface area contributed by atoms with Crippen molar-refractivity contribution in [2.45, 2.75) is 19.9 Å². The first kappa shape index (κ1) is 17.6. The fourth-order valence-electron chi connectivity index (χ4n) is 2.16. The molecule has 0 bridgehead atoms. The molecule has 0 aliphatic rings.